The smallest absolute Gasteiger partial charge is 0.311 e. The van der Waals surface area contributed by atoms with Crippen LogP contribution in [-0.4, -0.2) is 33.3 Å². The summed E-state index contributed by atoms with van der Waals surface area (Å²) in [7, 11) is 0. The Labute approximate surface area is 140 Å². The highest BCUT2D eigenvalue weighted by molar-refractivity contribution is 5.95. The minimum Gasteiger partial charge on any atom is -0.481 e. The number of amides is 1. The van der Waals surface area contributed by atoms with Crippen molar-refractivity contribution in [2.45, 2.75) is 33.6 Å². The first-order valence-corrected chi connectivity index (χ1v) is 7.98. The van der Waals surface area contributed by atoms with Crippen molar-refractivity contribution >= 4 is 11.9 Å². The summed E-state index contributed by atoms with van der Waals surface area (Å²) in [5, 5.41) is 16.3. The molecule has 1 fully saturated rings. The minimum atomic E-state index is -0.842. The van der Waals surface area contributed by atoms with Crippen LogP contribution in [0.5, 0.6) is 0 Å². The first kappa shape index (κ1) is 16.2. The number of carbonyl (C=O) groups is 2. The van der Waals surface area contributed by atoms with Crippen LogP contribution in [0.1, 0.15) is 40.0 Å². The summed E-state index contributed by atoms with van der Waals surface area (Å²) in [4.78, 5) is 23.6. The van der Waals surface area contributed by atoms with Gasteiger partial charge in [0.15, 0.2) is 0 Å². The van der Waals surface area contributed by atoms with Gasteiger partial charge in [-0.05, 0) is 50.8 Å². The monoisotopic (exact) mass is 327 g/mol. The summed E-state index contributed by atoms with van der Waals surface area (Å²) in [6.45, 7) is 6.01. The molecule has 0 radical (unpaired) electrons. The molecular weight excluding hydrogens is 306 g/mol. The van der Waals surface area contributed by atoms with Crippen molar-refractivity contribution in [3.05, 3.63) is 46.8 Å². The van der Waals surface area contributed by atoms with Crippen LogP contribution in [0.3, 0.4) is 0 Å². The Kier molecular flexibility index (Phi) is 3.91. The van der Waals surface area contributed by atoms with Crippen LogP contribution >= 0.6 is 0 Å². The lowest BCUT2D eigenvalue weighted by atomic mass is 10.1. The van der Waals surface area contributed by atoms with Gasteiger partial charge < -0.3 is 10.4 Å². The van der Waals surface area contributed by atoms with Gasteiger partial charge in [-0.3, -0.25) is 9.59 Å². The van der Waals surface area contributed by atoms with Gasteiger partial charge in [-0.2, -0.15) is 5.10 Å². The summed E-state index contributed by atoms with van der Waals surface area (Å²) in [5.74, 6) is -1.12. The first-order chi connectivity index (χ1) is 11.3. The fourth-order valence-corrected chi connectivity index (χ4v) is 2.78. The van der Waals surface area contributed by atoms with Gasteiger partial charge in [-0.25, -0.2) is 4.68 Å². The number of nitrogens with one attached hydrogen (secondary N) is 1. The summed E-state index contributed by atoms with van der Waals surface area (Å²) in [5.41, 5.74) is 3.57. The second-order valence-corrected chi connectivity index (χ2v) is 6.61. The van der Waals surface area contributed by atoms with Gasteiger partial charge in [0.05, 0.1) is 28.6 Å². The zero-order valence-corrected chi connectivity index (χ0v) is 14.1. The third kappa shape index (κ3) is 2.79. The second kappa shape index (κ2) is 5.78. The summed E-state index contributed by atoms with van der Waals surface area (Å²) in [6.07, 6.45) is 2.76. The van der Waals surface area contributed by atoms with E-state index in [0.29, 0.717) is 18.4 Å². The van der Waals surface area contributed by atoms with E-state index >= 15 is 0 Å². The van der Waals surface area contributed by atoms with Crippen molar-refractivity contribution < 1.29 is 14.7 Å². The molecule has 1 aliphatic rings. The van der Waals surface area contributed by atoms with Crippen molar-refractivity contribution in [2.24, 2.45) is 5.41 Å². The molecule has 0 bridgehead atoms. The molecule has 2 aromatic rings. The highest BCUT2D eigenvalue weighted by Gasteiger charge is 2.50. The molecule has 2 N–H and O–H groups in total. The number of carboxylic acids is 1. The van der Waals surface area contributed by atoms with E-state index in [1.54, 1.807) is 4.68 Å². The van der Waals surface area contributed by atoms with Crippen LogP contribution in [-0.2, 0) is 4.79 Å². The van der Waals surface area contributed by atoms with Gasteiger partial charge in [0.2, 0.25) is 0 Å². The molecule has 1 aromatic carbocycles. The van der Waals surface area contributed by atoms with E-state index in [1.165, 1.54) is 6.20 Å². The molecule has 6 heteroatoms. The average Bonchev–Trinajstić information content (AvgIpc) is 3.25. The molecule has 6 nitrogen and oxygen atoms in total. The second-order valence-electron chi connectivity index (χ2n) is 6.61. The number of hydrogen-bond acceptors (Lipinski definition) is 3. The Morgan fingerprint density at radius 1 is 1.29 bits per heavy atom. The van der Waals surface area contributed by atoms with Crippen LogP contribution in [0.4, 0.5) is 0 Å². The van der Waals surface area contributed by atoms with E-state index in [1.807, 2.05) is 39.0 Å². The SMILES string of the molecule is Cc1ccc(C)c(-n2ncc(C(=O)NCC3(C(=O)O)CC3)c2C)c1. The number of nitrogens with zero attached hydrogens (tertiary/aromatic N) is 2. The molecule has 0 spiro atoms. The van der Waals surface area contributed by atoms with Gasteiger partial charge in [-0.1, -0.05) is 12.1 Å². The lowest BCUT2D eigenvalue weighted by molar-refractivity contribution is -0.143. The molecule has 1 heterocycles. The van der Waals surface area contributed by atoms with Gasteiger partial charge in [0.1, 0.15) is 0 Å². The third-order valence-electron chi connectivity index (χ3n) is 4.74. The van der Waals surface area contributed by atoms with E-state index < -0.39 is 11.4 Å². The molecule has 1 amide bonds. The van der Waals surface area contributed by atoms with Crippen LogP contribution in [0.2, 0.25) is 0 Å². The Hall–Kier alpha value is -2.63. The molecule has 0 aliphatic heterocycles. The number of rotatable bonds is 5. The van der Waals surface area contributed by atoms with E-state index in [-0.39, 0.29) is 12.5 Å². The maximum atomic E-state index is 12.4. The van der Waals surface area contributed by atoms with Crippen molar-refractivity contribution in [3.63, 3.8) is 0 Å². The molecule has 3 rings (SSSR count). The van der Waals surface area contributed by atoms with E-state index in [4.69, 9.17) is 0 Å². The highest BCUT2D eigenvalue weighted by Crippen LogP contribution is 2.45. The fourth-order valence-electron chi connectivity index (χ4n) is 2.78. The van der Waals surface area contributed by atoms with Crippen LogP contribution in [0.25, 0.3) is 5.69 Å². The van der Waals surface area contributed by atoms with Gasteiger partial charge >= 0.3 is 5.97 Å². The molecule has 0 unspecified atom stereocenters. The summed E-state index contributed by atoms with van der Waals surface area (Å²) < 4.78 is 1.75. The number of aromatic nitrogens is 2. The standard InChI is InChI=1S/C18H21N3O3/c1-11-4-5-12(2)15(8-11)21-13(3)14(9-20-21)16(22)19-10-18(6-7-18)17(23)24/h4-5,8-9H,6-7,10H2,1-3H3,(H,19,22)(H,23,24). The van der Waals surface area contributed by atoms with E-state index in [9.17, 15) is 14.7 Å². The number of aryl methyl sites for hydroxylation is 2. The Morgan fingerprint density at radius 2 is 2.00 bits per heavy atom. The zero-order chi connectivity index (χ0) is 17.5. The van der Waals surface area contributed by atoms with Crippen LogP contribution < -0.4 is 5.32 Å². The van der Waals surface area contributed by atoms with Crippen molar-refractivity contribution in [1.29, 1.82) is 0 Å². The first-order valence-electron chi connectivity index (χ1n) is 7.98. The van der Waals surface area contributed by atoms with Crippen LogP contribution in [0, 0.1) is 26.2 Å². The fraction of sp³-hybridized carbons (Fsp3) is 0.389. The summed E-state index contributed by atoms with van der Waals surface area (Å²) in [6, 6.07) is 6.09. The molecule has 126 valence electrons. The maximum Gasteiger partial charge on any atom is 0.311 e. The number of carboxylic acid groups (broad SMARTS) is 1. The normalized spacial score (nSPS) is 15.1. The Balaban J connectivity index is 1.81. The quantitative estimate of drug-likeness (QED) is 0.883. The van der Waals surface area contributed by atoms with Crippen molar-refractivity contribution in [2.75, 3.05) is 6.54 Å². The molecule has 1 aromatic heterocycles. The average molecular weight is 327 g/mol. The lowest BCUT2D eigenvalue weighted by Gasteiger charge is -2.12. The van der Waals surface area contributed by atoms with E-state index in [0.717, 1.165) is 22.5 Å². The molecule has 24 heavy (non-hydrogen) atoms. The zero-order valence-electron chi connectivity index (χ0n) is 14.1. The van der Waals surface area contributed by atoms with Gasteiger partial charge in [0, 0.05) is 6.54 Å². The van der Waals surface area contributed by atoms with Crippen LogP contribution in [0.15, 0.2) is 24.4 Å². The van der Waals surface area contributed by atoms with Gasteiger partial charge in [-0.15, -0.1) is 0 Å². The molecule has 0 saturated heterocycles. The molecule has 1 saturated carbocycles. The van der Waals surface area contributed by atoms with E-state index in [2.05, 4.69) is 10.4 Å². The predicted octanol–water partition coefficient (Wildman–Crippen LogP) is 2.39. The number of benzene rings is 1. The topological polar surface area (TPSA) is 84.2 Å². The lowest BCUT2D eigenvalue weighted by Crippen LogP contribution is -2.34. The number of aliphatic carboxylic acids is 1. The Morgan fingerprint density at radius 3 is 2.62 bits per heavy atom. The predicted molar refractivity (Wildman–Crippen MR) is 89.4 cm³/mol. The summed E-state index contributed by atoms with van der Waals surface area (Å²) >= 11 is 0. The third-order valence-corrected chi connectivity index (χ3v) is 4.74. The molecule has 0 atom stereocenters. The number of carbonyl (C=O) groups excluding carboxylic acids is 1. The Bertz CT molecular complexity index is 819. The molecule has 1 aliphatic carbocycles. The molecular formula is C18H21N3O3. The largest absolute Gasteiger partial charge is 0.481 e. The number of hydrogen-bond donors (Lipinski definition) is 2. The van der Waals surface area contributed by atoms with Gasteiger partial charge in [0.25, 0.3) is 5.91 Å². The highest BCUT2D eigenvalue weighted by atomic mass is 16.4. The minimum absolute atomic E-state index is 0.162. The van der Waals surface area contributed by atoms with Crippen molar-refractivity contribution in [1.82, 2.24) is 15.1 Å². The van der Waals surface area contributed by atoms with Crippen molar-refractivity contribution in [3.8, 4) is 5.69 Å². The maximum absolute atomic E-state index is 12.4.